The second kappa shape index (κ2) is 6.81. The molecule has 2 atom stereocenters. The molecule has 2 aliphatic heterocycles. The zero-order valence-corrected chi connectivity index (χ0v) is 12.3. The predicted octanol–water partition coefficient (Wildman–Crippen LogP) is 2.23. The molecule has 2 fully saturated rings. The molecule has 0 aliphatic carbocycles. The van der Waals surface area contributed by atoms with Gasteiger partial charge >= 0.3 is 12.2 Å². The molecular weight excluding hydrogens is 260 g/mol. The highest BCUT2D eigenvalue weighted by Crippen LogP contribution is 2.18. The summed E-state index contributed by atoms with van der Waals surface area (Å²) < 4.78 is 10.3. The smallest absolute Gasteiger partial charge is 0.410 e. The van der Waals surface area contributed by atoms with Crippen molar-refractivity contribution in [2.75, 3.05) is 26.3 Å². The molecule has 2 heterocycles. The molecule has 0 spiro atoms. The Kier molecular flexibility index (Phi) is 5.09. The third kappa shape index (κ3) is 4.58. The topological polar surface area (TPSA) is 58.6 Å². The van der Waals surface area contributed by atoms with Crippen LogP contribution in [0, 0.1) is 0 Å². The fourth-order valence-electron chi connectivity index (χ4n) is 2.03. The van der Waals surface area contributed by atoms with Crippen LogP contribution >= 0.6 is 0 Å². The van der Waals surface area contributed by atoms with Crippen LogP contribution in [0.5, 0.6) is 0 Å². The zero-order valence-electron chi connectivity index (χ0n) is 12.3. The summed E-state index contributed by atoms with van der Waals surface area (Å²) in [7, 11) is 0. The summed E-state index contributed by atoms with van der Waals surface area (Å²) in [4.78, 5) is 26.1. The second-order valence-corrected chi connectivity index (χ2v) is 5.65. The van der Waals surface area contributed by atoms with Gasteiger partial charge in [-0.25, -0.2) is 9.59 Å². The van der Waals surface area contributed by atoms with Crippen molar-refractivity contribution in [2.24, 2.45) is 0 Å². The number of unbranched alkanes of at least 4 members (excludes halogenated alkanes) is 3. The number of carbonyl (C=O) groups is 2. The molecule has 0 aromatic rings. The van der Waals surface area contributed by atoms with Gasteiger partial charge < -0.3 is 19.3 Å². The van der Waals surface area contributed by atoms with Crippen molar-refractivity contribution in [1.29, 1.82) is 0 Å². The molecule has 20 heavy (non-hydrogen) atoms. The molecule has 2 rings (SSSR count). The van der Waals surface area contributed by atoms with E-state index in [1.54, 1.807) is 9.80 Å². The van der Waals surface area contributed by atoms with Crippen molar-refractivity contribution in [3.8, 4) is 0 Å². The fraction of sp³-hybridized carbons (Fsp3) is 0.857. The predicted molar refractivity (Wildman–Crippen MR) is 73.5 cm³/mol. The highest BCUT2D eigenvalue weighted by molar-refractivity contribution is 5.71. The molecule has 114 valence electrons. The lowest BCUT2D eigenvalue weighted by Crippen LogP contribution is -2.15. The summed E-state index contributed by atoms with van der Waals surface area (Å²) in [6.45, 7) is 6.60. The van der Waals surface area contributed by atoms with Crippen LogP contribution in [0.3, 0.4) is 0 Å². The Hall–Kier alpha value is -1.46. The van der Waals surface area contributed by atoms with E-state index in [9.17, 15) is 9.59 Å². The van der Waals surface area contributed by atoms with E-state index in [0.717, 1.165) is 38.8 Å². The molecule has 0 aromatic carbocycles. The van der Waals surface area contributed by atoms with Gasteiger partial charge in [0, 0.05) is 13.1 Å². The van der Waals surface area contributed by atoms with Gasteiger partial charge in [0.25, 0.3) is 0 Å². The van der Waals surface area contributed by atoms with Crippen molar-refractivity contribution in [1.82, 2.24) is 9.80 Å². The highest BCUT2D eigenvalue weighted by atomic mass is 16.6. The minimum absolute atomic E-state index is 0.195. The maximum absolute atomic E-state index is 11.4. The highest BCUT2D eigenvalue weighted by Gasteiger charge is 2.35. The lowest BCUT2D eigenvalue weighted by molar-refractivity contribution is 0.122. The first kappa shape index (κ1) is 14.9. The standard InChI is InChI=1S/C14H24N2O4/c1-11-9-15(11)13(17)19-7-5-3-4-6-8-20-14(18)16-10-12(16)2/h11-12H,3-10H2,1-2H3. The zero-order chi connectivity index (χ0) is 14.5. The third-order valence-corrected chi connectivity index (χ3v) is 3.68. The van der Waals surface area contributed by atoms with Gasteiger partial charge in [-0.05, 0) is 39.5 Å². The number of ether oxygens (including phenoxy) is 2. The SMILES string of the molecule is CC1CN1C(=O)OCCCCCCOC(=O)N1CC1C. The van der Waals surface area contributed by atoms with Gasteiger partial charge in [0.15, 0.2) is 0 Å². The van der Waals surface area contributed by atoms with E-state index in [1.807, 2.05) is 13.8 Å². The van der Waals surface area contributed by atoms with Gasteiger partial charge in [0.2, 0.25) is 0 Å². The molecule has 0 bridgehead atoms. The van der Waals surface area contributed by atoms with E-state index >= 15 is 0 Å². The molecule has 6 heteroatoms. The van der Waals surface area contributed by atoms with Gasteiger partial charge in [-0.3, -0.25) is 0 Å². The molecule has 2 saturated heterocycles. The first-order valence-electron chi connectivity index (χ1n) is 7.46. The summed E-state index contributed by atoms with van der Waals surface area (Å²) in [6.07, 6.45) is 3.31. The average molecular weight is 284 g/mol. The van der Waals surface area contributed by atoms with E-state index in [-0.39, 0.29) is 12.2 Å². The number of amides is 2. The minimum atomic E-state index is -0.195. The Labute approximate surface area is 120 Å². The quantitative estimate of drug-likeness (QED) is 0.531. The van der Waals surface area contributed by atoms with Crippen molar-refractivity contribution in [3.63, 3.8) is 0 Å². The van der Waals surface area contributed by atoms with Crippen molar-refractivity contribution < 1.29 is 19.1 Å². The van der Waals surface area contributed by atoms with E-state index in [4.69, 9.17) is 9.47 Å². The summed E-state index contributed by atoms with van der Waals surface area (Å²) in [5.74, 6) is 0. The number of hydrogen-bond acceptors (Lipinski definition) is 4. The van der Waals surface area contributed by atoms with Gasteiger partial charge in [0.05, 0.1) is 25.3 Å². The Balaban J connectivity index is 1.35. The number of carbonyl (C=O) groups excluding carboxylic acids is 2. The minimum Gasteiger partial charge on any atom is -0.449 e. The van der Waals surface area contributed by atoms with Crippen LogP contribution in [0.2, 0.25) is 0 Å². The van der Waals surface area contributed by atoms with Crippen molar-refractivity contribution in [2.45, 2.75) is 51.6 Å². The van der Waals surface area contributed by atoms with E-state index in [0.29, 0.717) is 25.3 Å². The van der Waals surface area contributed by atoms with Crippen LogP contribution in [0.1, 0.15) is 39.5 Å². The van der Waals surface area contributed by atoms with Gasteiger partial charge in [0.1, 0.15) is 0 Å². The maximum Gasteiger partial charge on any atom is 0.410 e. The first-order valence-corrected chi connectivity index (χ1v) is 7.46. The van der Waals surface area contributed by atoms with Crippen LogP contribution in [0.15, 0.2) is 0 Å². The van der Waals surface area contributed by atoms with Crippen LogP contribution in [-0.4, -0.2) is 60.4 Å². The fourth-order valence-corrected chi connectivity index (χ4v) is 2.03. The lowest BCUT2D eigenvalue weighted by Gasteiger charge is -2.07. The second-order valence-electron chi connectivity index (χ2n) is 5.65. The summed E-state index contributed by atoms with van der Waals surface area (Å²) >= 11 is 0. The van der Waals surface area contributed by atoms with Crippen molar-refractivity contribution in [3.05, 3.63) is 0 Å². The van der Waals surface area contributed by atoms with Crippen LogP contribution in [0.4, 0.5) is 9.59 Å². The molecule has 0 aromatic heterocycles. The summed E-state index contributed by atoms with van der Waals surface area (Å²) in [5, 5.41) is 0. The van der Waals surface area contributed by atoms with Gasteiger partial charge in [-0.1, -0.05) is 0 Å². The van der Waals surface area contributed by atoms with Crippen LogP contribution in [-0.2, 0) is 9.47 Å². The monoisotopic (exact) mass is 284 g/mol. The van der Waals surface area contributed by atoms with Crippen LogP contribution in [0.25, 0.3) is 0 Å². The van der Waals surface area contributed by atoms with Gasteiger partial charge in [-0.15, -0.1) is 0 Å². The average Bonchev–Trinajstić information content (AvgIpc) is 3.31. The van der Waals surface area contributed by atoms with E-state index < -0.39 is 0 Å². The summed E-state index contributed by atoms with van der Waals surface area (Å²) in [5.41, 5.74) is 0. The molecule has 0 radical (unpaired) electrons. The Morgan fingerprint density at radius 3 is 1.50 bits per heavy atom. The third-order valence-electron chi connectivity index (χ3n) is 3.68. The Bertz CT molecular complexity index is 327. The number of rotatable bonds is 7. The van der Waals surface area contributed by atoms with Gasteiger partial charge in [-0.2, -0.15) is 0 Å². The summed E-state index contributed by atoms with van der Waals surface area (Å²) in [6, 6.07) is 0.698. The maximum atomic E-state index is 11.4. The van der Waals surface area contributed by atoms with E-state index in [1.165, 1.54) is 0 Å². The van der Waals surface area contributed by atoms with Crippen LogP contribution < -0.4 is 0 Å². The molecule has 6 nitrogen and oxygen atoms in total. The number of nitrogens with zero attached hydrogens (tertiary/aromatic N) is 2. The Morgan fingerprint density at radius 1 is 0.850 bits per heavy atom. The normalized spacial score (nSPS) is 23.5. The molecule has 2 unspecified atom stereocenters. The molecule has 2 aliphatic rings. The Morgan fingerprint density at radius 2 is 1.20 bits per heavy atom. The molecule has 0 N–H and O–H groups in total. The first-order chi connectivity index (χ1) is 9.59. The molecule has 2 amide bonds. The van der Waals surface area contributed by atoms with Crippen molar-refractivity contribution >= 4 is 12.2 Å². The van der Waals surface area contributed by atoms with E-state index in [2.05, 4.69) is 0 Å². The molecule has 0 saturated carbocycles. The largest absolute Gasteiger partial charge is 0.449 e. The number of hydrogen-bond donors (Lipinski definition) is 0. The lowest BCUT2D eigenvalue weighted by atomic mass is 10.2. The molecular formula is C14H24N2O4.